The van der Waals surface area contributed by atoms with Crippen LogP contribution in [-0.2, 0) is 13.5 Å². The van der Waals surface area contributed by atoms with Crippen molar-refractivity contribution in [3.05, 3.63) is 32.7 Å². The highest BCUT2D eigenvalue weighted by Crippen LogP contribution is 2.30. The summed E-state index contributed by atoms with van der Waals surface area (Å²) < 4.78 is 2.92. The molecule has 0 aliphatic carbocycles. The molecule has 2 aromatic heterocycles. The molecule has 0 fully saturated rings. The van der Waals surface area contributed by atoms with Crippen molar-refractivity contribution in [2.24, 2.45) is 7.05 Å². The quantitative estimate of drug-likeness (QED) is 0.886. The van der Waals surface area contributed by atoms with E-state index in [0.717, 1.165) is 25.1 Å². The minimum Gasteiger partial charge on any atom is -0.309 e. The van der Waals surface area contributed by atoms with E-state index >= 15 is 0 Å². The first-order valence-electron chi connectivity index (χ1n) is 6.02. The molecule has 0 aromatic carbocycles. The summed E-state index contributed by atoms with van der Waals surface area (Å²) >= 11 is 5.38. The minimum absolute atomic E-state index is 0.302. The Bertz CT molecular complexity index is 494. The van der Waals surface area contributed by atoms with E-state index in [9.17, 15) is 0 Å². The number of nitrogens with one attached hydrogen (secondary N) is 1. The van der Waals surface area contributed by atoms with Crippen molar-refractivity contribution >= 4 is 27.3 Å². The minimum atomic E-state index is 0.302. The van der Waals surface area contributed by atoms with Gasteiger partial charge < -0.3 is 5.32 Å². The zero-order valence-electron chi connectivity index (χ0n) is 10.6. The fourth-order valence-corrected chi connectivity index (χ4v) is 3.55. The number of halogens is 1. The summed E-state index contributed by atoms with van der Waals surface area (Å²) in [5.41, 5.74) is 1.02. The summed E-state index contributed by atoms with van der Waals surface area (Å²) in [6, 6.07) is 2.40. The van der Waals surface area contributed by atoms with Crippen LogP contribution in [0.15, 0.2) is 22.1 Å². The molecule has 2 rings (SSSR count). The van der Waals surface area contributed by atoms with Gasteiger partial charge in [0.15, 0.2) is 0 Å². The second-order valence-corrected chi connectivity index (χ2v) is 6.03. The molecule has 98 valence electrons. The maximum atomic E-state index is 4.17. The van der Waals surface area contributed by atoms with E-state index in [1.54, 1.807) is 16.0 Å². The summed E-state index contributed by atoms with van der Waals surface area (Å²) in [5, 5.41) is 13.8. The Hall–Kier alpha value is -0.720. The van der Waals surface area contributed by atoms with Crippen LogP contribution in [0.4, 0.5) is 0 Å². The summed E-state index contributed by atoms with van der Waals surface area (Å²) in [6.45, 7) is 3.19. The molecule has 0 aliphatic rings. The molecule has 0 radical (unpaired) electrons. The lowest BCUT2D eigenvalue weighted by Gasteiger charge is -2.16. The fraction of sp³-hybridized carbons (Fsp3) is 0.500. The number of nitrogens with zero attached hydrogens (tertiary/aromatic N) is 3. The van der Waals surface area contributed by atoms with Crippen molar-refractivity contribution in [3.8, 4) is 0 Å². The van der Waals surface area contributed by atoms with Gasteiger partial charge in [-0.25, -0.2) is 0 Å². The Morgan fingerprint density at radius 3 is 2.94 bits per heavy atom. The first-order chi connectivity index (χ1) is 8.70. The fourth-order valence-electron chi connectivity index (χ4n) is 1.83. The first-order valence-corrected chi connectivity index (χ1v) is 7.69. The topological polar surface area (TPSA) is 42.7 Å². The third-order valence-corrected chi connectivity index (χ3v) is 4.65. The number of hydrogen-bond acceptors (Lipinski definition) is 4. The van der Waals surface area contributed by atoms with Crippen LogP contribution in [-0.4, -0.2) is 21.5 Å². The molecule has 0 bridgehead atoms. The van der Waals surface area contributed by atoms with Crippen molar-refractivity contribution in [2.45, 2.75) is 25.8 Å². The van der Waals surface area contributed by atoms with E-state index < -0.39 is 0 Å². The van der Waals surface area contributed by atoms with Gasteiger partial charge in [0, 0.05) is 35.1 Å². The molecular weight excluding hydrogens is 312 g/mol. The summed E-state index contributed by atoms with van der Waals surface area (Å²) in [5.74, 6) is 0. The van der Waals surface area contributed by atoms with Gasteiger partial charge in [0.25, 0.3) is 0 Å². The SMILES string of the molecule is CCCNC(Cc1cn(C)nn1)c1sccc1Br. The smallest absolute Gasteiger partial charge is 0.0846 e. The molecule has 1 N–H and O–H groups in total. The van der Waals surface area contributed by atoms with E-state index in [4.69, 9.17) is 0 Å². The molecular formula is C12H17BrN4S. The average Bonchev–Trinajstić information content (AvgIpc) is 2.93. The van der Waals surface area contributed by atoms with Crippen LogP contribution >= 0.6 is 27.3 Å². The second-order valence-electron chi connectivity index (χ2n) is 4.23. The summed E-state index contributed by atoms with van der Waals surface area (Å²) in [4.78, 5) is 1.33. The van der Waals surface area contributed by atoms with Crippen LogP contribution < -0.4 is 5.32 Å². The molecule has 0 spiro atoms. The van der Waals surface area contributed by atoms with E-state index in [1.807, 2.05) is 13.2 Å². The predicted molar refractivity (Wildman–Crippen MR) is 77.8 cm³/mol. The number of aryl methyl sites for hydroxylation is 1. The average molecular weight is 329 g/mol. The Balaban J connectivity index is 2.12. The van der Waals surface area contributed by atoms with Crippen LogP contribution in [0.1, 0.15) is 30.0 Å². The maximum Gasteiger partial charge on any atom is 0.0846 e. The Kier molecular flexibility index (Phi) is 4.91. The summed E-state index contributed by atoms with van der Waals surface area (Å²) in [7, 11) is 1.89. The highest BCUT2D eigenvalue weighted by molar-refractivity contribution is 9.10. The predicted octanol–water partition coefficient (Wildman–Crippen LogP) is 2.92. The second kappa shape index (κ2) is 6.45. The molecule has 0 saturated heterocycles. The lowest BCUT2D eigenvalue weighted by atomic mass is 10.1. The molecule has 0 saturated carbocycles. The normalized spacial score (nSPS) is 12.8. The van der Waals surface area contributed by atoms with Gasteiger partial charge in [-0.05, 0) is 40.3 Å². The number of hydrogen-bond donors (Lipinski definition) is 1. The Morgan fingerprint density at radius 2 is 2.39 bits per heavy atom. The van der Waals surface area contributed by atoms with Gasteiger partial charge in [-0.3, -0.25) is 4.68 Å². The van der Waals surface area contributed by atoms with Gasteiger partial charge in [0.2, 0.25) is 0 Å². The van der Waals surface area contributed by atoms with Crippen LogP contribution in [0.3, 0.4) is 0 Å². The third-order valence-electron chi connectivity index (χ3n) is 2.67. The zero-order valence-corrected chi connectivity index (χ0v) is 13.0. The molecule has 1 atom stereocenters. The molecule has 4 nitrogen and oxygen atoms in total. The van der Waals surface area contributed by atoms with E-state index in [0.29, 0.717) is 6.04 Å². The molecule has 0 amide bonds. The van der Waals surface area contributed by atoms with E-state index in [-0.39, 0.29) is 0 Å². The van der Waals surface area contributed by atoms with Gasteiger partial charge in [0.1, 0.15) is 0 Å². The highest BCUT2D eigenvalue weighted by atomic mass is 79.9. The van der Waals surface area contributed by atoms with Gasteiger partial charge in [-0.1, -0.05) is 12.1 Å². The lowest BCUT2D eigenvalue weighted by Crippen LogP contribution is -2.23. The van der Waals surface area contributed by atoms with E-state index in [2.05, 4.69) is 49.9 Å². The van der Waals surface area contributed by atoms with Crippen molar-refractivity contribution in [1.29, 1.82) is 0 Å². The summed E-state index contributed by atoms with van der Waals surface area (Å²) in [6.07, 6.45) is 3.97. The van der Waals surface area contributed by atoms with Crippen molar-refractivity contribution in [1.82, 2.24) is 20.3 Å². The monoisotopic (exact) mass is 328 g/mol. The van der Waals surface area contributed by atoms with Crippen LogP contribution in [0, 0.1) is 0 Å². The molecule has 1 unspecified atom stereocenters. The van der Waals surface area contributed by atoms with Crippen molar-refractivity contribution in [2.75, 3.05) is 6.54 Å². The number of aromatic nitrogens is 3. The third kappa shape index (κ3) is 3.40. The Morgan fingerprint density at radius 1 is 1.56 bits per heavy atom. The van der Waals surface area contributed by atoms with Crippen LogP contribution in [0.2, 0.25) is 0 Å². The first kappa shape index (κ1) is 13.7. The van der Waals surface area contributed by atoms with Gasteiger partial charge in [0.05, 0.1) is 5.69 Å². The van der Waals surface area contributed by atoms with Gasteiger partial charge in [-0.2, -0.15) is 0 Å². The zero-order chi connectivity index (χ0) is 13.0. The van der Waals surface area contributed by atoms with Crippen molar-refractivity contribution in [3.63, 3.8) is 0 Å². The van der Waals surface area contributed by atoms with Crippen LogP contribution in [0.25, 0.3) is 0 Å². The number of rotatable bonds is 6. The number of thiophene rings is 1. The standard InChI is InChI=1S/C12H17BrN4S/c1-3-5-14-11(12-10(13)4-6-18-12)7-9-8-17(2)16-15-9/h4,6,8,11,14H,3,5,7H2,1-2H3. The maximum absolute atomic E-state index is 4.17. The highest BCUT2D eigenvalue weighted by Gasteiger charge is 2.17. The van der Waals surface area contributed by atoms with Crippen molar-refractivity contribution < 1.29 is 0 Å². The largest absolute Gasteiger partial charge is 0.309 e. The van der Waals surface area contributed by atoms with Gasteiger partial charge >= 0.3 is 0 Å². The Labute approximate surface area is 120 Å². The molecule has 2 heterocycles. The molecule has 6 heteroatoms. The molecule has 0 aliphatic heterocycles. The molecule has 18 heavy (non-hydrogen) atoms. The van der Waals surface area contributed by atoms with Crippen LogP contribution in [0.5, 0.6) is 0 Å². The van der Waals surface area contributed by atoms with Gasteiger partial charge in [-0.15, -0.1) is 16.4 Å². The molecule has 2 aromatic rings. The lowest BCUT2D eigenvalue weighted by molar-refractivity contribution is 0.530. The van der Waals surface area contributed by atoms with E-state index in [1.165, 1.54) is 9.35 Å².